The zero-order valence-corrected chi connectivity index (χ0v) is 13.1. The van der Waals surface area contributed by atoms with Gasteiger partial charge in [-0.1, -0.05) is 29.8 Å². The van der Waals surface area contributed by atoms with Crippen LogP contribution in [0.1, 0.15) is 11.1 Å². The van der Waals surface area contributed by atoms with E-state index in [1.165, 1.54) is 18.3 Å². The van der Waals surface area contributed by atoms with Crippen LogP contribution < -0.4 is 10.7 Å². The number of thiocarbonyl (C=S) groups is 1. The van der Waals surface area contributed by atoms with Crippen LogP contribution in [0.25, 0.3) is 0 Å². The molecule has 0 heterocycles. The zero-order chi connectivity index (χ0) is 16.9. The van der Waals surface area contributed by atoms with Gasteiger partial charge in [-0.25, -0.2) is 0 Å². The Morgan fingerprint density at radius 2 is 1.87 bits per heavy atom. The Morgan fingerprint density at radius 3 is 2.57 bits per heavy atom. The second-order valence-electron chi connectivity index (χ2n) is 4.46. The lowest BCUT2D eigenvalue weighted by Crippen LogP contribution is -2.24. The van der Waals surface area contributed by atoms with Gasteiger partial charge in [-0.3, -0.25) is 5.43 Å². The SMILES string of the molecule is FC(F)(F)c1cccc(NC(=S)N/N=C/c2cccc(Cl)c2)c1. The lowest BCUT2D eigenvalue weighted by atomic mass is 10.2. The van der Waals surface area contributed by atoms with Crippen molar-refractivity contribution in [3.05, 3.63) is 64.7 Å². The Labute approximate surface area is 141 Å². The molecular weight excluding hydrogens is 347 g/mol. The summed E-state index contributed by atoms with van der Waals surface area (Å²) >= 11 is 10.8. The highest BCUT2D eigenvalue weighted by molar-refractivity contribution is 7.80. The molecule has 8 heteroatoms. The molecule has 0 aromatic heterocycles. The molecule has 2 aromatic carbocycles. The lowest BCUT2D eigenvalue weighted by Gasteiger charge is -2.10. The second kappa shape index (κ2) is 7.43. The Hall–Kier alpha value is -2.12. The quantitative estimate of drug-likeness (QED) is 0.476. The van der Waals surface area contributed by atoms with Crippen LogP contribution in [0, 0.1) is 0 Å². The van der Waals surface area contributed by atoms with Crippen LogP contribution in [0.5, 0.6) is 0 Å². The van der Waals surface area contributed by atoms with Crippen molar-refractivity contribution in [3.63, 3.8) is 0 Å². The first-order chi connectivity index (χ1) is 10.8. The van der Waals surface area contributed by atoms with E-state index in [1.807, 2.05) is 0 Å². The number of benzene rings is 2. The van der Waals surface area contributed by atoms with Crippen LogP contribution in [0.3, 0.4) is 0 Å². The van der Waals surface area contributed by atoms with Crippen LogP contribution in [-0.4, -0.2) is 11.3 Å². The van der Waals surface area contributed by atoms with Crippen LogP contribution in [0.15, 0.2) is 53.6 Å². The highest BCUT2D eigenvalue weighted by Gasteiger charge is 2.30. The summed E-state index contributed by atoms with van der Waals surface area (Å²) in [6.45, 7) is 0. The summed E-state index contributed by atoms with van der Waals surface area (Å²) in [4.78, 5) is 0. The smallest absolute Gasteiger partial charge is 0.331 e. The Kier molecular flexibility index (Phi) is 5.57. The van der Waals surface area contributed by atoms with E-state index in [0.717, 1.165) is 17.7 Å². The molecule has 0 fully saturated rings. The van der Waals surface area contributed by atoms with Gasteiger partial charge < -0.3 is 5.32 Å². The van der Waals surface area contributed by atoms with E-state index in [0.29, 0.717) is 5.02 Å². The van der Waals surface area contributed by atoms with E-state index in [-0.39, 0.29) is 10.8 Å². The number of hydrazone groups is 1. The molecule has 3 nitrogen and oxygen atoms in total. The van der Waals surface area contributed by atoms with Crippen molar-refractivity contribution in [2.45, 2.75) is 6.18 Å². The summed E-state index contributed by atoms with van der Waals surface area (Å²) in [6, 6.07) is 11.7. The molecule has 0 bridgehead atoms. The molecule has 0 spiro atoms. The fourth-order valence-corrected chi connectivity index (χ4v) is 2.05. The Bertz CT molecular complexity index is 732. The summed E-state index contributed by atoms with van der Waals surface area (Å²) < 4.78 is 37.9. The fraction of sp³-hybridized carbons (Fsp3) is 0.0667. The van der Waals surface area contributed by atoms with Crippen molar-refractivity contribution < 1.29 is 13.2 Å². The number of halogens is 4. The maximum absolute atomic E-state index is 12.6. The predicted octanol–water partition coefficient (Wildman–Crippen LogP) is 4.68. The van der Waals surface area contributed by atoms with Crippen LogP contribution in [-0.2, 0) is 6.18 Å². The number of hydrogen-bond donors (Lipinski definition) is 2. The summed E-state index contributed by atoms with van der Waals surface area (Å²) in [5.74, 6) is 0. The molecule has 2 rings (SSSR count). The van der Waals surface area contributed by atoms with Gasteiger partial charge in [0.25, 0.3) is 0 Å². The molecule has 0 unspecified atom stereocenters. The van der Waals surface area contributed by atoms with Crippen molar-refractivity contribution in [2.75, 3.05) is 5.32 Å². The minimum atomic E-state index is -4.41. The van der Waals surface area contributed by atoms with Crippen LogP contribution in [0.4, 0.5) is 18.9 Å². The van der Waals surface area contributed by atoms with E-state index < -0.39 is 11.7 Å². The number of alkyl halides is 3. The van der Waals surface area contributed by atoms with Crippen LogP contribution in [0.2, 0.25) is 5.02 Å². The first kappa shape index (κ1) is 17.2. The third-order valence-electron chi connectivity index (χ3n) is 2.68. The van der Waals surface area contributed by atoms with E-state index in [9.17, 15) is 13.2 Å². The van der Waals surface area contributed by atoms with Gasteiger partial charge in [-0.05, 0) is 48.1 Å². The van der Waals surface area contributed by atoms with Crippen LogP contribution >= 0.6 is 23.8 Å². The number of hydrogen-bond acceptors (Lipinski definition) is 2. The van der Waals surface area contributed by atoms with Crippen molar-refractivity contribution in [3.8, 4) is 0 Å². The molecule has 0 amide bonds. The lowest BCUT2D eigenvalue weighted by molar-refractivity contribution is -0.137. The van der Waals surface area contributed by atoms with Gasteiger partial charge >= 0.3 is 6.18 Å². The molecule has 0 atom stereocenters. The highest BCUT2D eigenvalue weighted by Crippen LogP contribution is 2.30. The van der Waals surface area contributed by atoms with Crippen molar-refractivity contribution in [1.29, 1.82) is 0 Å². The first-order valence-corrected chi connectivity index (χ1v) is 7.16. The summed E-state index contributed by atoms with van der Waals surface area (Å²) in [7, 11) is 0. The van der Waals surface area contributed by atoms with Gasteiger partial charge in [0.15, 0.2) is 5.11 Å². The minimum absolute atomic E-state index is 0.0719. The van der Waals surface area contributed by atoms with E-state index in [2.05, 4.69) is 15.8 Å². The standard InChI is InChI=1S/C15H11ClF3N3S/c16-12-5-1-3-10(7-12)9-20-22-14(23)21-13-6-2-4-11(8-13)15(17,18)19/h1-9H,(H2,21,22,23)/b20-9+. The average Bonchev–Trinajstić information content (AvgIpc) is 2.46. The molecule has 2 aromatic rings. The van der Waals surface area contributed by atoms with Crippen molar-refractivity contribution in [2.24, 2.45) is 5.10 Å². The molecular formula is C15H11ClF3N3S. The summed E-state index contributed by atoms with van der Waals surface area (Å²) in [6.07, 6.45) is -2.91. The number of rotatable bonds is 3. The van der Waals surface area contributed by atoms with Gasteiger partial charge in [0.2, 0.25) is 0 Å². The summed E-state index contributed by atoms with van der Waals surface area (Å²) in [5.41, 5.74) is 2.74. The number of nitrogens with zero attached hydrogens (tertiary/aromatic N) is 1. The second-order valence-corrected chi connectivity index (χ2v) is 5.30. The van der Waals surface area contributed by atoms with Gasteiger partial charge in [-0.2, -0.15) is 18.3 Å². The van der Waals surface area contributed by atoms with Crippen molar-refractivity contribution >= 4 is 40.8 Å². The molecule has 23 heavy (non-hydrogen) atoms. The minimum Gasteiger partial charge on any atom is -0.331 e. The largest absolute Gasteiger partial charge is 0.416 e. The Morgan fingerprint density at radius 1 is 1.13 bits per heavy atom. The van der Waals surface area contributed by atoms with E-state index in [1.54, 1.807) is 24.3 Å². The number of nitrogens with one attached hydrogen (secondary N) is 2. The average molecular weight is 358 g/mol. The van der Waals surface area contributed by atoms with Gasteiger partial charge in [-0.15, -0.1) is 0 Å². The Balaban J connectivity index is 1.95. The maximum Gasteiger partial charge on any atom is 0.416 e. The van der Waals surface area contributed by atoms with Crippen molar-refractivity contribution in [1.82, 2.24) is 5.43 Å². The molecule has 120 valence electrons. The zero-order valence-electron chi connectivity index (χ0n) is 11.6. The van der Waals surface area contributed by atoms with E-state index >= 15 is 0 Å². The fourth-order valence-electron chi connectivity index (χ4n) is 1.68. The molecule has 0 saturated heterocycles. The normalized spacial score (nSPS) is 11.5. The molecule has 0 aliphatic heterocycles. The van der Waals surface area contributed by atoms with Gasteiger partial charge in [0.05, 0.1) is 11.8 Å². The monoisotopic (exact) mass is 357 g/mol. The maximum atomic E-state index is 12.6. The molecule has 0 radical (unpaired) electrons. The third-order valence-corrected chi connectivity index (χ3v) is 3.10. The molecule has 0 saturated carbocycles. The molecule has 2 N–H and O–H groups in total. The molecule has 0 aliphatic rings. The van der Waals surface area contributed by atoms with Gasteiger partial charge in [0, 0.05) is 10.7 Å². The highest BCUT2D eigenvalue weighted by atomic mass is 35.5. The van der Waals surface area contributed by atoms with E-state index in [4.69, 9.17) is 23.8 Å². The molecule has 0 aliphatic carbocycles. The topological polar surface area (TPSA) is 36.4 Å². The third kappa shape index (κ3) is 5.54. The number of anilines is 1. The van der Waals surface area contributed by atoms with Gasteiger partial charge in [0.1, 0.15) is 0 Å². The predicted molar refractivity (Wildman–Crippen MR) is 89.8 cm³/mol. The first-order valence-electron chi connectivity index (χ1n) is 6.37. The summed E-state index contributed by atoms with van der Waals surface area (Å²) in [5, 5.41) is 7.16.